The first-order chi connectivity index (χ1) is 6.77. The highest BCUT2D eigenvalue weighted by Crippen LogP contribution is 2.30. The third-order valence-corrected chi connectivity index (χ3v) is 2.81. The lowest BCUT2D eigenvalue weighted by molar-refractivity contribution is 0.562. The van der Waals surface area contributed by atoms with Gasteiger partial charge in [0.05, 0.1) is 0 Å². The second kappa shape index (κ2) is 5.55. The van der Waals surface area contributed by atoms with Gasteiger partial charge in [-0.3, -0.25) is 0 Å². The number of aryl methyl sites for hydroxylation is 1. The summed E-state index contributed by atoms with van der Waals surface area (Å²) in [4.78, 5) is 0. The van der Waals surface area contributed by atoms with Crippen LogP contribution in [0.2, 0.25) is 0 Å². The van der Waals surface area contributed by atoms with Gasteiger partial charge in [0.25, 0.3) is 0 Å². The largest absolute Gasteiger partial charge is 0.305 e. The van der Waals surface area contributed by atoms with Gasteiger partial charge in [-0.2, -0.15) is 0 Å². The summed E-state index contributed by atoms with van der Waals surface area (Å²) in [5, 5.41) is 4.08. The Morgan fingerprint density at radius 1 is 1.47 bits per heavy atom. The van der Waals surface area contributed by atoms with E-state index in [4.69, 9.17) is 11.6 Å². The van der Waals surface area contributed by atoms with E-state index in [2.05, 4.69) is 36.2 Å². The summed E-state index contributed by atoms with van der Waals surface area (Å²) in [7, 11) is 0. The first kappa shape index (κ1) is 12.6. The van der Waals surface area contributed by atoms with Crippen LogP contribution in [0.1, 0.15) is 23.6 Å². The van der Waals surface area contributed by atoms with E-state index in [1.54, 1.807) is 0 Å². The van der Waals surface area contributed by atoms with Gasteiger partial charge in [0, 0.05) is 17.6 Å². The molecule has 0 radical (unpaired) electrons. The van der Waals surface area contributed by atoms with E-state index in [1.165, 1.54) is 24.0 Å². The van der Waals surface area contributed by atoms with Crippen LogP contribution in [0.25, 0.3) is 0 Å². The molecular formula is C12H15Cl2N. The highest BCUT2D eigenvalue weighted by Gasteiger charge is 2.20. The van der Waals surface area contributed by atoms with Gasteiger partial charge in [0.1, 0.15) is 0 Å². The molecule has 1 aliphatic carbocycles. The Balaban J connectivity index is 0.00000112. The molecule has 0 amide bonds. The number of hydrogen-bond acceptors (Lipinski definition) is 1. The van der Waals surface area contributed by atoms with E-state index in [1.807, 2.05) is 0 Å². The molecule has 2 rings (SSSR count). The predicted octanol–water partition coefficient (Wildman–Crippen LogP) is 3.44. The van der Waals surface area contributed by atoms with E-state index in [0.29, 0.717) is 17.6 Å². The minimum absolute atomic E-state index is 0. The Labute approximate surface area is 102 Å². The van der Waals surface area contributed by atoms with Crippen molar-refractivity contribution in [1.82, 2.24) is 5.32 Å². The van der Waals surface area contributed by atoms with Gasteiger partial charge in [0.2, 0.25) is 0 Å². The van der Waals surface area contributed by atoms with Gasteiger partial charge in [-0.15, -0.1) is 12.4 Å². The molecule has 1 atom stereocenters. The molecule has 1 unspecified atom stereocenters. The van der Waals surface area contributed by atoms with Gasteiger partial charge < -0.3 is 5.32 Å². The normalized spacial score (nSPS) is 18.1. The number of hydrogen-bond donors (Lipinski definition) is 1. The molecule has 0 saturated heterocycles. The number of rotatable bonds is 3. The Kier molecular flexibility index (Phi) is 4.65. The Morgan fingerprint density at radius 3 is 2.93 bits per heavy atom. The molecule has 0 bridgehead atoms. The third kappa shape index (κ3) is 2.97. The lowest BCUT2D eigenvalue weighted by atomic mass is 10.1. The van der Waals surface area contributed by atoms with Crippen molar-refractivity contribution in [2.45, 2.75) is 18.9 Å². The lowest BCUT2D eigenvalue weighted by Crippen LogP contribution is -2.20. The van der Waals surface area contributed by atoms with E-state index in [-0.39, 0.29) is 12.4 Å². The molecule has 1 N–H and O–H groups in total. The summed E-state index contributed by atoms with van der Waals surface area (Å²) < 4.78 is 0. The Morgan fingerprint density at radius 2 is 2.20 bits per heavy atom. The van der Waals surface area contributed by atoms with Crippen molar-refractivity contribution in [1.29, 1.82) is 0 Å². The average Bonchev–Trinajstić information content (AvgIpc) is 2.58. The Bertz CT molecular complexity index is 349. The number of nitrogens with one attached hydrogen (secondary N) is 1. The standard InChI is InChI=1S/C12H14ClN.ClH/c1-9(13)8-14-12-7-6-10-4-2-3-5-11(10)12;/h2-5,12,14H,1,6-8H2;1H. The van der Waals surface area contributed by atoms with Gasteiger partial charge in [-0.1, -0.05) is 42.4 Å². The molecular weight excluding hydrogens is 229 g/mol. The fourth-order valence-electron chi connectivity index (χ4n) is 2.00. The van der Waals surface area contributed by atoms with Crippen molar-refractivity contribution in [3.8, 4) is 0 Å². The number of fused-ring (bicyclic) bond motifs is 1. The van der Waals surface area contributed by atoms with Crippen LogP contribution in [0.4, 0.5) is 0 Å². The maximum atomic E-state index is 5.73. The topological polar surface area (TPSA) is 12.0 Å². The quantitative estimate of drug-likeness (QED) is 0.858. The van der Waals surface area contributed by atoms with Crippen LogP contribution in [0.3, 0.4) is 0 Å². The summed E-state index contributed by atoms with van der Waals surface area (Å²) in [6.45, 7) is 4.37. The molecule has 1 aromatic rings. The van der Waals surface area contributed by atoms with E-state index < -0.39 is 0 Å². The van der Waals surface area contributed by atoms with Crippen LogP contribution < -0.4 is 5.32 Å². The summed E-state index contributed by atoms with van der Waals surface area (Å²) in [5.41, 5.74) is 2.88. The number of benzene rings is 1. The minimum atomic E-state index is 0. The zero-order chi connectivity index (χ0) is 9.97. The van der Waals surface area contributed by atoms with Crippen LogP contribution in [0.15, 0.2) is 35.9 Å². The van der Waals surface area contributed by atoms with Crippen LogP contribution in [0, 0.1) is 0 Å². The molecule has 0 saturated carbocycles. The lowest BCUT2D eigenvalue weighted by Gasteiger charge is -2.12. The van der Waals surface area contributed by atoms with Crippen molar-refractivity contribution in [3.63, 3.8) is 0 Å². The second-order valence-electron chi connectivity index (χ2n) is 3.69. The maximum Gasteiger partial charge on any atom is 0.0329 e. The first-order valence-corrected chi connectivity index (χ1v) is 5.29. The third-order valence-electron chi connectivity index (χ3n) is 2.67. The van der Waals surface area contributed by atoms with Crippen LogP contribution in [0.5, 0.6) is 0 Å². The molecule has 3 heteroatoms. The highest BCUT2D eigenvalue weighted by atomic mass is 35.5. The highest BCUT2D eigenvalue weighted by molar-refractivity contribution is 6.29. The summed E-state index contributed by atoms with van der Waals surface area (Å²) >= 11 is 5.73. The summed E-state index contributed by atoms with van der Waals surface area (Å²) in [5.74, 6) is 0. The summed E-state index contributed by atoms with van der Waals surface area (Å²) in [6, 6.07) is 9.04. The van der Waals surface area contributed by atoms with Gasteiger partial charge >= 0.3 is 0 Å². The van der Waals surface area contributed by atoms with Crippen molar-refractivity contribution in [3.05, 3.63) is 47.0 Å². The monoisotopic (exact) mass is 243 g/mol. The molecule has 1 nitrogen and oxygen atoms in total. The molecule has 15 heavy (non-hydrogen) atoms. The van der Waals surface area contributed by atoms with Gasteiger partial charge in [-0.25, -0.2) is 0 Å². The minimum Gasteiger partial charge on any atom is -0.305 e. The SMILES string of the molecule is C=C(Cl)CNC1CCc2ccccc21.Cl. The fourth-order valence-corrected chi connectivity index (χ4v) is 2.08. The van der Waals surface area contributed by atoms with E-state index in [9.17, 15) is 0 Å². The molecule has 0 aliphatic heterocycles. The van der Waals surface area contributed by atoms with Crippen molar-refractivity contribution >= 4 is 24.0 Å². The molecule has 1 aromatic carbocycles. The van der Waals surface area contributed by atoms with Crippen LogP contribution in [-0.4, -0.2) is 6.54 Å². The molecule has 0 heterocycles. The summed E-state index contributed by atoms with van der Waals surface area (Å²) in [6.07, 6.45) is 2.34. The Hall–Kier alpha value is -0.500. The predicted molar refractivity (Wildman–Crippen MR) is 67.7 cm³/mol. The van der Waals surface area contributed by atoms with E-state index in [0.717, 1.165) is 0 Å². The van der Waals surface area contributed by atoms with Crippen LogP contribution in [-0.2, 0) is 6.42 Å². The average molecular weight is 244 g/mol. The fraction of sp³-hybridized carbons (Fsp3) is 0.333. The molecule has 0 aromatic heterocycles. The zero-order valence-corrected chi connectivity index (χ0v) is 10.1. The van der Waals surface area contributed by atoms with Gasteiger partial charge in [-0.05, 0) is 24.0 Å². The zero-order valence-electron chi connectivity index (χ0n) is 8.50. The van der Waals surface area contributed by atoms with Gasteiger partial charge in [0.15, 0.2) is 0 Å². The molecule has 1 aliphatic rings. The van der Waals surface area contributed by atoms with Crippen molar-refractivity contribution < 1.29 is 0 Å². The molecule has 0 fully saturated rings. The number of halogens is 2. The maximum absolute atomic E-state index is 5.73. The molecule has 0 spiro atoms. The first-order valence-electron chi connectivity index (χ1n) is 4.92. The van der Waals surface area contributed by atoms with Crippen LogP contribution >= 0.6 is 24.0 Å². The molecule has 82 valence electrons. The van der Waals surface area contributed by atoms with Crippen molar-refractivity contribution in [2.75, 3.05) is 6.54 Å². The smallest absolute Gasteiger partial charge is 0.0329 e. The van der Waals surface area contributed by atoms with E-state index >= 15 is 0 Å². The second-order valence-corrected chi connectivity index (χ2v) is 4.22. The van der Waals surface area contributed by atoms with Crippen molar-refractivity contribution in [2.24, 2.45) is 0 Å².